The number of halogens is 2. The second kappa shape index (κ2) is 5.41. The molecule has 1 aromatic carbocycles. The fraction of sp³-hybridized carbons (Fsp3) is 0.0667. The van der Waals surface area contributed by atoms with Crippen molar-refractivity contribution in [3.8, 4) is 11.1 Å². The topological polar surface area (TPSA) is 12.0 Å². The molecule has 4 heteroatoms. The Morgan fingerprint density at radius 2 is 1.89 bits per heavy atom. The van der Waals surface area contributed by atoms with E-state index in [9.17, 15) is 0 Å². The normalized spacial score (nSPS) is 10.8. The summed E-state index contributed by atoms with van der Waals surface area (Å²) in [5, 5.41) is 7.91. The summed E-state index contributed by atoms with van der Waals surface area (Å²) in [6.45, 7) is 0.734. The minimum atomic E-state index is 0.589. The molecule has 0 radical (unpaired) electrons. The van der Waals surface area contributed by atoms with Gasteiger partial charge in [-0.2, -0.15) is 0 Å². The lowest BCUT2D eigenvalue weighted by molar-refractivity contribution is 1.16. The van der Waals surface area contributed by atoms with Gasteiger partial charge in [-0.05, 0) is 34.7 Å². The molecule has 0 aromatic heterocycles. The highest BCUT2D eigenvalue weighted by Gasteiger charge is 2.07. The summed E-state index contributed by atoms with van der Waals surface area (Å²) >= 11 is 13.6. The first-order valence-corrected chi connectivity index (χ1v) is 7.51. The molecule has 2 aliphatic rings. The quantitative estimate of drug-likeness (QED) is 0.647. The summed E-state index contributed by atoms with van der Waals surface area (Å²) in [7, 11) is 0. The van der Waals surface area contributed by atoms with Crippen LogP contribution in [0.1, 0.15) is 5.56 Å². The van der Waals surface area contributed by atoms with E-state index in [1.54, 1.807) is 11.3 Å². The van der Waals surface area contributed by atoms with E-state index >= 15 is 0 Å². The molecule has 1 aliphatic carbocycles. The summed E-state index contributed by atoms with van der Waals surface area (Å²) in [5.41, 5.74) is 3.63. The van der Waals surface area contributed by atoms with E-state index in [1.807, 2.05) is 18.2 Å². The van der Waals surface area contributed by atoms with Gasteiger partial charge >= 0.3 is 0 Å². The molecular weight excluding hydrogens is 297 g/mol. The maximum Gasteiger partial charge on any atom is 0.0964 e. The van der Waals surface area contributed by atoms with Gasteiger partial charge in [0.25, 0.3) is 0 Å². The van der Waals surface area contributed by atoms with Gasteiger partial charge in [0.1, 0.15) is 0 Å². The number of fused-ring (bicyclic) bond motifs is 1. The van der Waals surface area contributed by atoms with Crippen molar-refractivity contribution in [1.82, 2.24) is 0 Å². The van der Waals surface area contributed by atoms with Gasteiger partial charge in [-0.15, -0.1) is 11.3 Å². The largest absolute Gasteiger partial charge is 0.372 e. The first kappa shape index (κ1) is 12.8. The fourth-order valence-corrected chi connectivity index (χ4v) is 3.13. The lowest BCUT2D eigenvalue weighted by atomic mass is 10.2. The molecule has 0 saturated carbocycles. The Labute approximate surface area is 126 Å². The lowest BCUT2D eigenvalue weighted by Crippen LogP contribution is -1.99. The van der Waals surface area contributed by atoms with Crippen molar-refractivity contribution >= 4 is 39.5 Å². The van der Waals surface area contributed by atoms with Crippen molar-refractivity contribution in [3.05, 3.63) is 63.5 Å². The van der Waals surface area contributed by atoms with Crippen LogP contribution in [0.2, 0.25) is 10.0 Å². The second-order valence-electron chi connectivity index (χ2n) is 4.25. The Bertz CT molecular complexity index is 678. The highest BCUT2D eigenvalue weighted by atomic mass is 35.5. The standard InChI is InChI=1S/C15H11Cl2NS/c16-13-5-4-10(8-14(13)17)9-18-15-12-3-1-2-11(12)6-7-19-15/h1-8,18H,9H2. The van der Waals surface area contributed by atoms with Crippen molar-refractivity contribution in [1.29, 1.82) is 0 Å². The molecule has 1 heterocycles. The van der Waals surface area contributed by atoms with Crippen molar-refractivity contribution in [3.63, 3.8) is 0 Å². The van der Waals surface area contributed by atoms with E-state index in [1.165, 1.54) is 16.1 Å². The summed E-state index contributed by atoms with van der Waals surface area (Å²) in [5.74, 6) is 0. The molecule has 0 saturated heterocycles. The molecule has 0 unspecified atom stereocenters. The van der Waals surface area contributed by atoms with Gasteiger partial charge in [-0.25, -0.2) is 0 Å². The molecule has 19 heavy (non-hydrogen) atoms. The zero-order valence-corrected chi connectivity index (χ0v) is 12.3. The van der Waals surface area contributed by atoms with Crippen molar-refractivity contribution < 1.29 is 0 Å². The zero-order valence-electron chi connectivity index (χ0n) is 9.99. The summed E-state index contributed by atoms with van der Waals surface area (Å²) < 4.78 is 0. The SMILES string of the molecule is Clc1ccc(CNc2sccc3cccc2-3)cc1Cl. The summed E-state index contributed by atoms with van der Waals surface area (Å²) in [6.07, 6.45) is 0. The average molecular weight is 308 g/mol. The Hall–Kier alpha value is -1.22. The third-order valence-corrected chi connectivity index (χ3v) is 4.58. The predicted octanol–water partition coefficient (Wildman–Crippen LogP) is 5.77. The van der Waals surface area contributed by atoms with Crippen LogP contribution >= 0.6 is 34.5 Å². The molecule has 0 bridgehead atoms. The predicted molar refractivity (Wildman–Crippen MR) is 84.7 cm³/mol. The summed E-state index contributed by atoms with van der Waals surface area (Å²) in [6, 6.07) is 14.2. The van der Waals surface area contributed by atoms with Crippen LogP contribution in [-0.2, 0) is 6.54 Å². The van der Waals surface area contributed by atoms with E-state index in [0.29, 0.717) is 10.0 Å². The van der Waals surface area contributed by atoms with Gasteiger partial charge in [0.2, 0.25) is 0 Å². The molecule has 1 nitrogen and oxygen atoms in total. The number of rotatable bonds is 3. The molecule has 0 amide bonds. The van der Waals surface area contributed by atoms with Gasteiger partial charge in [0.05, 0.1) is 15.0 Å². The maximum absolute atomic E-state index is 6.02. The number of nitrogens with one attached hydrogen (secondary N) is 1. The minimum Gasteiger partial charge on any atom is -0.372 e. The minimum absolute atomic E-state index is 0.589. The molecule has 0 spiro atoms. The van der Waals surface area contributed by atoms with Crippen LogP contribution in [0.15, 0.2) is 47.8 Å². The van der Waals surface area contributed by atoms with E-state index in [-0.39, 0.29) is 0 Å². The first-order chi connectivity index (χ1) is 9.24. The van der Waals surface area contributed by atoms with Crippen LogP contribution in [0, 0.1) is 0 Å². The van der Waals surface area contributed by atoms with E-state index in [2.05, 4.69) is 35.0 Å². The van der Waals surface area contributed by atoms with Gasteiger partial charge in [-0.1, -0.05) is 47.5 Å². The molecule has 0 atom stereocenters. The van der Waals surface area contributed by atoms with Gasteiger partial charge in [0, 0.05) is 12.1 Å². The van der Waals surface area contributed by atoms with Gasteiger partial charge in [0.15, 0.2) is 0 Å². The van der Waals surface area contributed by atoms with E-state index in [0.717, 1.165) is 12.1 Å². The lowest BCUT2D eigenvalue weighted by Gasteiger charge is -2.10. The van der Waals surface area contributed by atoms with E-state index in [4.69, 9.17) is 23.2 Å². The first-order valence-electron chi connectivity index (χ1n) is 5.88. The van der Waals surface area contributed by atoms with Crippen LogP contribution in [-0.4, -0.2) is 0 Å². The highest BCUT2D eigenvalue weighted by molar-refractivity contribution is 7.14. The molecule has 96 valence electrons. The maximum atomic E-state index is 6.02. The number of anilines is 1. The third kappa shape index (κ3) is 2.71. The Morgan fingerprint density at radius 3 is 2.74 bits per heavy atom. The van der Waals surface area contributed by atoms with Crippen LogP contribution < -0.4 is 5.32 Å². The zero-order chi connectivity index (χ0) is 13.2. The highest BCUT2D eigenvalue weighted by Crippen LogP contribution is 2.34. The Balaban J connectivity index is 1.79. The molecule has 1 N–H and O–H groups in total. The van der Waals surface area contributed by atoms with Crippen LogP contribution in [0.25, 0.3) is 11.1 Å². The smallest absolute Gasteiger partial charge is 0.0964 e. The second-order valence-corrected chi connectivity index (χ2v) is 5.98. The monoisotopic (exact) mass is 307 g/mol. The number of hydrogen-bond acceptors (Lipinski definition) is 2. The van der Waals surface area contributed by atoms with Crippen molar-refractivity contribution in [2.75, 3.05) is 5.32 Å². The third-order valence-electron chi connectivity index (χ3n) is 2.96. The van der Waals surface area contributed by atoms with Crippen LogP contribution in [0.3, 0.4) is 0 Å². The molecular formula is C15H11Cl2NS. The Kier molecular flexibility index (Phi) is 3.65. The average Bonchev–Trinajstić information content (AvgIpc) is 2.89. The van der Waals surface area contributed by atoms with Gasteiger partial charge in [-0.3, -0.25) is 0 Å². The molecule has 1 aromatic rings. The number of hydrogen-bond donors (Lipinski definition) is 1. The fourth-order valence-electron chi connectivity index (χ4n) is 1.99. The van der Waals surface area contributed by atoms with Crippen molar-refractivity contribution in [2.45, 2.75) is 6.54 Å². The van der Waals surface area contributed by atoms with Crippen LogP contribution in [0.5, 0.6) is 0 Å². The van der Waals surface area contributed by atoms with Crippen molar-refractivity contribution in [2.24, 2.45) is 0 Å². The summed E-state index contributed by atoms with van der Waals surface area (Å²) in [4.78, 5) is 0. The van der Waals surface area contributed by atoms with E-state index < -0.39 is 0 Å². The van der Waals surface area contributed by atoms with Gasteiger partial charge < -0.3 is 5.32 Å². The molecule has 3 rings (SSSR count). The Morgan fingerprint density at radius 1 is 1.00 bits per heavy atom. The number of benzene rings is 1. The van der Waals surface area contributed by atoms with Crippen LogP contribution in [0.4, 0.5) is 5.00 Å². The molecule has 1 aliphatic heterocycles. The molecule has 0 fully saturated rings.